The Hall–Kier alpha value is -2.28. The molecule has 2 amide bonds. The monoisotopic (exact) mass is 373 g/mol. The molecule has 0 saturated carbocycles. The van der Waals surface area contributed by atoms with Crippen LogP contribution in [0, 0.1) is 0 Å². The van der Waals surface area contributed by atoms with E-state index in [2.05, 4.69) is 27.9 Å². The fourth-order valence-electron chi connectivity index (χ4n) is 4.24. The summed E-state index contributed by atoms with van der Waals surface area (Å²) in [6.45, 7) is 3.69. The van der Waals surface area contributed by atoms with E-state index in [-0.39, 0.29) is 24.4 Å². The Morgan fingerprint density at radius 1 is 1.22 bits per heavy atom. The molecule has 2 heterocycles. The van der Waals surface area contributed by atoms with Crippen LogP contribution in [0.3, 0.4) is 0 Å². The summed E-state index contributed by atoms with van der Waals surface area (Å²) in [6.07, 6.45) is 4.78. The van der Waals surface area contributed by atoms with Gasteiger partial charge in [-0.25, -0.2) is 0 Å². The molecule has 2 bridgehead atoms. The lowest BCUT2D eigenvalue weighted by Crippen LogP contribution is -2.44. The highest BCUT2D eigenvalue weighted by Gasteiger charge is 2.38. The molecule has 0 spiro atoms. The third-order valence-corrected chi connectivity index (χ3v) is 5.63. The average Bonchev–Trinajstić information content (AvgIpc) is 2.82. The molecule has 5 N–H and O–H groups in total. The van der Waals surface area contributed by atoms with E-state index >= 15 is 0 Å². The van der Waals surface area contributed by atoms with E-state index in [9.17, 15) is 9.59 Å². The van der Waals surface area contributed by atoms with Crippen LogP contribution in [0.2, 0.25) is 0 Å². The molecule has 2 atom stereocenters. The fourth-order valence-corrected chi connectivity index (χ4v) is 4.24. The lowest BCUT2D eigenvalue weighted by Gasteiger charge is -2.37. The zero-order chi connectivity index (χ0) is 19.6. The van der Waals surface area contributed by atoms with E-state index in [4.69, 9.17) is 5.73 Å². The zero-order valence-electron chi connectivity index (χ0n) is 16.4. The number of rotatable bonds is 6. The number of hydrogen-bond acceptors (Lipinski definition) is 5. The number of anilines is 2. The minimum Gasteiger partial charge on any atom is -0.398 e. The van der Waals surface area contributed by atoms with Gasteiger partial charge in [0.2, 0.25) is 5.91 Å². The number of fused-ring (bicyclic) bond motifs is 2. The predicted molar refractivity (Wildman–Crippen MR) is 108 cm³/mol. The summed E-state index contributed by atoms with van der Waals surface area (Å²) >= 11 is 0. The van der Waals surface area contributed by atoms with Crippen molar-refractivity contribution in [2.45, 2.75) is 63.7 Å². The number of amides is 2. The first kappa shape index (κ1) is 19.5. The predicted octanol–water partition coefficient (Wildman–Crippen LogP) is 1.56. The molecule has 0 aromatic heterocycles. The first-order chi connectivity index (χ1) is 12.8. The van der Waals surface area contributed by atoms with E-state index in [0.29, 0.717) is 29.4 Å². The Bertz CT molecular complexity index is 692. The highest BCUT2D eigenvalue weighted by atomic mass is 16.2. The van der Waals surface area contributed by atoms with Crippen molar-refractivity contribution in [2.75, 3.05) is 24.6 Å². The number of hydrogen-bond donors (Lipinski definition) is 4. The largest absolute Gasteiger partial charge is 0.398 e. The molecule has 2 unspecified atom stereocenters. The topological polar surface area (TPSA) is 99.5 Å². The maximum atomic E-state index is 12.5. The summed E-state index contributed by atoms with van der Waals surface area (Å²) in [7, 11) is 2.22. The molecule has 7 nitrogen and oxygen atoms in total. The quantitative estimate of drug-likeness (QED) is 0.567. The van der Waals surface area contributed by atoms with Crippen molar-refractivity contribution in [3.63, 3.8) is 0 Å². The molecule has 1 aromatic carbocycles. The van der Waals surface area contributed by atoms with Crippen LogP contribution in [0.5, 0.6) is 0 Å². The van der Waals surface area contributed by atoms with Crippen molar-refractivity contribution in [3.8, 4) is 0 Å². The molecule has 1 aromatic rings. The summed E-state index contributed by atoms with van der Waals surface area (Å²) in [6, 6.07) is 7.19. The molecule has 0 radical (unpaired) electrons. The van der Waals surface area contributed by atoms with Gasteiger partial charge in [-0.1, -0.05) is 0 Å². The van der Waals surface area contributed by atoms with Gasteiger partial charge in [0.1, 0.15) is 0 Å². The summed E-state index contributed by atoms with van der Waals surface area (Å²) < 4.78 is 0. The molecule has 7 heteroatoms. The third kappa shape index (κ3) is 4.71. The highest BCUT2D eigenvalue weighted by Crippen LogP contribution is 2.35. The molecular weight excluding hydrogens is 342 g/mol. The van der Waals surface area contributed by atoms with Gasteiger partial charge in [0.25, 0.3) is 5.91 Å². The number of nitrogens with zero attached hydrogens (tertiary/aromatic N) is 1. The summed E-state index contributed by atoms with van der Waals surface area (Å²) in [5.74, 6) is -0.550. The fraction of sp³-hybridized carbons (Fsp3) is 0.600. The van der Waals surface area contributed by atoms with Crippen molar-refractivity contribution in [2.24, 2.45) is 0 Å². The van der Waals surface area contributed by atoms with Gasteiger partial charge >= 0.3 is 0 Å². The number of carbonyl (C=O) groups is 2. The van der Waals surface area contributed by atoms with Gasteiger partial charge in [-0.3, -0.25) is 9.59 Å². The molecule has 27 heavy (non-hydrogen) atoms. The van der Waals surface area contributed by atoms with E-state index in [1.165, 1.54) is 12.8 Å². The van der Waals surface area contributed by atoms with Gasteiger partial charge in [-0.2, -0.15) is 0 Å². The summed E-state index contributed by atoms with van der Waals surface area (Å²) in [5, 5.41) is 8.96. The number of carbonyl (C=O) groups excluding carboxylic acids is 2. The Labute approximate surface area is 161 Å². The molecule has 2 aliphatic rings. The summed E-state index contributed by atoms with van der Waals surface area (Å²) in [5.41, 5.74) is 7.69. The van der Waals surface area contributed by atoms with Crippen molar-refractivity contribution in [1.82, 2.24) is 15.5 Å². The minimum atomic E-state index is -0.335. The average molecular weight is 374 g/mol. The van der Waals surface area contributed by atoms with Crippen molar-refractivity contribution in [1.29, 1.82) is 0 Å². The van der Waals surface area contributed by atoms with Crippen molar-refractivity contribution >= 4 is 23.2 Å². The van der Waals surface area contributed by atoms with Crippen molar-refractivity contribution < 1.29 is 9.59 Å². The third-order valence-electron chi connectivity index (χ3n) is 5.63. The second-order valence-corrected chi connectivity index (χ2v) is 8.07. The minimum absolute atomic E-state index is 0.0387. The van der Waals surface area contributed by atoms with Crippen molar-refractivity contribution in [3.05, 3.63) is 23.8 Å². The Balaban J connectivity index is 1.60. The van der Waals surface area contributed by atoms with Crippen LogP contribution in [-0.2, 0) is 4.79 Å². The second kappa shape index (κ2) is 8.17. The Morgan fingerprint density at radius 2 is 1.89 bits per heavy atom. The molecular formula is C20H31N5O2. The second-order valence-electron chi connectivity index (χ2n) is 8.07. The maximum absolute atomic E-state index is 12.5. The number of nitrogens with two attached hydrogens (primary N) is 1. The molecule has 2 aliphatic heterocycles. The molecule has 3 rings (SSSR count). The van der Waals surface area contributed by atoms with E-state index in [1.807, 2.05) is 19.9 Å². The van der Waals surface area contributed by atoms with Gasteiger partial charge in [-0.05, 0) is 64.8 Å². The van der Waals surface area contributed by atoms with Gasteiger partial charge in [0.05, 0.1) is 12.1 Å². The molecule has 2 saturated heterocycles. The van der Waals surface area contributed by atoms with Gasteiger partial charge < -0.3 is 26.6 Å². The maximum Gasteiger partial charge on any atom is 0.253 e. The van der Waals surface area contributed by atoms with Gasteiger partial charge in [0, 0.05) is 35.5 Å². The van der Waals surface area contributed by atoms with Crippen LogP contribution in [0.4, 0.5) is 11.4 Å². The molecule has 148 valence electrons. The Morgan fingerprint density at radius 3 is 2.52 bits per heavy atom. The van der Waals surface area contributed by atoms with Crippen LogP contribution in [0.25, 0.3) is 0 Å². The van der Waals surface area contributed by atoms with Crippen LogP contribution >= 0.6 is 0 Å². The van der Waals surface area contributed by atoms with Crippen LogP contribution in [-0.4, -0.2) is 54.5 Å². The summed E-state index contributed by atoms with van der Waals surface area (Å²) in [4.78, 5) is 26.7. The Kier molecular flexibility index (Phi) is 5.89. The lowest BCUT2D eigenvalue weighted by atomic mass is 9.97. The first-order valence-corrected chi connectivity index (χ1v) is 9.79. The van der Waals surface area contributed by atoms with Crippen LogP contribution in [0.15, 0.2) is 18.2 Å². The van der Waals surface area contributed by atoms with E-state index < -0.39 is 0 Å². The number of nitrogens with one attached hydrogen (secondary N) is 3. The van der Waals surface area contributed by atoms with Crippen LogP contribution in [0.1, 0.15) is 49.9 Å². The standard InChI is InChI=1S/C20H31N5O2/c1-12(2)23-19(26)11-22-20(27)17-10-13(4-7-18(17)21)24-14-8-15-5-6-16(9-14)25(15)3/h4,7,10,12,14-16,24H,5-6,8-9,11,21H2,1-3H3,(H,22,27)(H,23,26). The first-order valence-electron chi connectivity index (χ1n) is 9.79. The van der Waals surface area contributed by atoms with E-state index in [0.717, 1.165) is 18.5 Å². The van der Waals surface area contributed by atoms with E-state index in [1.54, 1.807) is 12.1 Å². The number of benzene rings is 1. The van der Waals surface area contributed by atoms with Gasteiger partial charge in [0.15, 0.2) is 0 Å². The van der Waals surface area contributed by atoms with Crippen LogP contribution < -0.4 is 21.7 Å². The smallest absolute Gasteiger partial charge is 0.253 e. The van der Waals surface area contributed by atoms with Gasteiger partial charge in [-0.15, -0.1) is 0 Å². The zero-order valence-corrected chi connectivity index (χ0v) is 16.4. The highest BCUT2D eigenvalue weighted by molar-refractivity contribution is 6.01. The normalized spacial score (nSPS) is 24.7. The lowest BCUT2D eigenvalue weighted by molar-refractivity contribution is -0.120. The SMILES string of the molecule is CC(C)NC(=O)CNC(=O)c1cc(NC2CC3CCC(C2)N3C)ccc1N. The molecule has 0 aliphatic carbocycles. The molecule has 2 fully saturated rings. The number of nitrogen functional groups attached to an aromatic ring is 1. The number of piperidine rings is 1.